The van der Waals surface area contributed by atoms with Crippen LogP contribution in [0.25, 0.3) is 0 Å². The van der Waals surface area contributed by atoms with Crippen LogP contribution < -0.4 is 10.6 Å². The van der Waals surface area contributed by atoms with Crippen LogP contribution in [0.5, 0.6) is 0 Å². The van der Waals surface area contributed by atoms with Crippen molar-refractivity contribution in [3.8, 4) is 0 Å². The lowest BCUT2D eigenvalue weighted by atomic mass is 10.3. The predicted octanol–water partition coefficient (Wildman–Crippen LogP) is 1.96. The molecule has 0 unspecified atom stereocenters. The second-order valence-corrected chi connectivity index (χ2v) is 4.76. The molecule has 0 aromatic carbocycles. The fourth-order valence-electron chi connectivity index (χ4n) is 1.87. The summed E-state index contributed by atoms with van der Waals surface area (Å²) in [6.45, 7) is 3.43. The second kappa shape index (κ2) is 6.75. The third-order valence-corrected chi connectivity index (χ3v) is 3.03. The summed E-state index contributed by atoms with van der Waals surface area (Å²) in [5.41, 5.74) is 1.82. The minimum absolute atomic E-state index is 0.0361. The molecule has 2 aromatic heterocycles. The van der Waals surface area contributed by atoms with Gasteiger partial charge in [-0.3, -0.25) is 4.79 Å². The van der Waals surface area contributed by atoms with Gasteiger partial charge in [0.2, 0.25) is 0 Å². The number of amides is 1. The van der Waals surface area contributed by atoms with Crippen molar-refractivity contribution < 1.29 is 4.79 Å². The van der Waals surface area contributed by atoms with Crippen molar-refractivity contribution in [1.82, 2.24) is 14.9 Å². The lowest BCUT2D eigenvalue weighted by Crippen LogP contribution is -2.27. The summed E-state index contributed by atoms with van der Waals surface area (Å²) in [4.78, 5) is 16.1. The van der Waals surface area contributed by atoms with Gasteiger partial charge in [0, 0.05) is 32.5 Å². The third kappa shape index (κ3) is 3.85. The van der Waals surface area contributed by atoms with E-state index in [1.165, 1.54) is 0 Å². The normalized spacial score (nSPS) is 10.3. The predicted molar refractivity (Wildman–Crippen MR) is 79.8 cm³/mol. The number of hydrogen-bond acceptors (Lipinski definition) is 3. The first kappa shape index (κ1) is 14.1. The standard InChI is InChI=1S/C15H20N4O/c1-12-6-7-14(18-11-12)16-8-4-9-17-15(20)13-5-3-10-19(13)2/h3,5-7,10-11H,4,8-9H2,1-2H3,(H,16,18)(H,17,20). The molecule has 2 rings (SSSR count). The minimum atomic E-state index is -0.0361. The highest BCUT2D eigenvalue weighted by atomic mass is 16.1. The molecule has 1 amide bonds. The maximum Gasteiger partial charge on any atom is 0.267 e. The molecule has 0 aliphatic carbocycles. The molecule has 0 spiro atoms. The van der Waals surface area contributed by atoms with Crippen molar-refractivity contribution in [2.75, 3.05) is 18.4 Å². The highest BCUT2D eigenvalue weighted by molar-refractivity contribution is 5.92. The molecular weight excluding hydrogens is 252 g/mol. The third-order valence-electron chi connectivity index (χ3n) is 3.03. The van der Waals surface area contributed by atoms with E-state index in [-0.39, 0.29) is 5.91 Å². The first-order chi connectivity index (χ1) is 9.66. The van der Waals surface area contributed by atoms with Crippen LogP contribution in [0.2, 0.25) is 0 Å². The summed E-state index contributed by atoms with van der Waals surface area (Å²) < 4.78 is 1.81. The largest absolute Gasteiger partial charge is 0.370 e. The summed E-state index contributed by atoms with van der Waals surface area (Å²) >= 11 is 0. The van der Waals surface area contributed by atoms with Crippen LogP contribution in [0, 0.1) is 6.92 Å². The van der Waals surface area contributed by atoms with Crippen LogP contribution in [0.1, 0.15) is 22.5 Å². The highest BCUT2D eigenvalue weighted by Crippen LogP contribution is 2.03. The Labute approximate surface area is 119 Å². The van der Waals surface area contributed by atoms with E-state index in [9.17, 15) is 4.79 Å². The van der Waals surface area contributed by atoms with Gasteiger partial charge >= 0.3 is 0 Å². The van der Waals surface area contributed by atoms with Gasteiger partial charge in [0.1, 0.15) is 11.5 Å². The van der Waals surface area contributed by atoms with E-state index in [2.05, 4.69) is 15.6 Å². The SMILES string of the molecule is Cc1ccc(NCCCNC(=O)c2cccn2C)nc1. The van der Waals surface area contributed by atoms with E-state index in [1.807, 2.05) is 55.2 Å². The minimum Gasteiger partial charge on any atom is -0.370 e. The molecule has 0 aliphatic rings. The van der Waals surface area contributed by atoms with Crippen LogP contribution in [-0.4, -0.2) is 28.5 Å². The van der Waals surface area contributed by atoms with Crippen LogP contribution in [-0.2, 0) is 7.05 Å². The van der Waals surface area contributed by atoms with Crippen LogP contribution in [0.15, 0.2) is 36.7 Å². The van der Waals surface area contributed by atoms with Crippen molar-refractivity contribution in [3.63, 3.8) is 0 Å². The fraction of sp³-hybridized carbons (Fsp3) is 0.333. The number of carbonyl (C=O) groups excluding carboxylic acids is 1. The Morgan fingerprint density at radius 2 is 2.15 bits per heavy atom. The average Bonchev–Trinajstić information content (AvgIpc) is 2.86. The zero-order valence-electron chi connectivity index (χ0n) is 11.9. The van der Waals surface area contributed by atoms with Crippen molar-refractivity contribution in [2.24, 2.45) is 7.05 Å². The van der Waals surface area contributed by atoms with Gasteiger partial charge in [-0.15, -0.1) is 0 Å². The number of aromatic nitrogens is 2. The molecule has 2 N–H and O–H groups in total. The van der Waals surface area contributed by atoms with Gasteiger partial charge in [0.25, 0.3) is 5.91 Å². The first-order valence-corrected chi connectivity index (χ1v) is 6.73. The molecule has 106 valence electrons. The van der Waals surface area contributed by atoms with Gasteiger partial charge < -0.3 is 15.2 Å². The highest BCUT2D eigenvalue weighted by Gasteiger charge is 2.06. The summed E-state index contributed by atoms with van der Waals surface area (Å²) in [6, 6.07) is 7.65. The second-order valence-electron chi connectivity index (χ2n) is 4.76. The lowest BCUT2D eigenvalue weighted by molar-refractivity contribution is 0.0945. The Morgan fingerprint density at radius 1 is 1.30 bits per heavy atom. The number of anilines is 1. The zero-order chi connectivity index (χ0) is 14.4. The van der Waals surface area contributed by atoms with Crippen LogP contribution in [0.3, 0.4) is 0 Å². The molecule has 5 heteroatoms. The van der Waals surface area contributed by atoms with E-state index >= 15 is 0 Å². The number of carbonyl (C=O) groups is 1. The van der Waals surface area contributed by atoms with E-state index in [4.69, 9.17) is 0 Å². The first-order valence-electron chi connectivity index (χ1n) is 6.73. The number of hydrogen-bond donors (Lipinski definition) is 2. The Hall–Kier alpha value is -2.30. The molecule has 0 saturated heterocycles. The van der Waals surface area contributed by atoms with Crippen molar-refractivity contribution >= 4 is 11.7 Å². The molecule has 0 fully saturated rings. The molecule has 2 aromatic rings. The van der Waals surface area contributed by atoms with E-state index in [1.54, 1.807) is 0 Å². The van der Waals surface area contributed by atoms with E-state index < -0.39 is 0 Å². The molecule has 0 bridgehead atoms. The molecule has 0 atom stereocenters. The number of rotatable bonds is 6. The summed E-state index contributed by atoms with van der Waals surface area (Å²) in [7, 11) is 1.86. The maximum absolute atomic E-state index is 11.8. The van der Waals surface area contributed by atoms with Crippen LogP contribution in [0.4, 0.5) is 5.82 Å². The van der Waals surface area contributed by atoms with Gasteiger partial charge in [-0.2, -0.15) is 0 Å². The average molecular weight is 272 g/mol. The molecule has 0 aliphatic heterocycles. The number of aryl methyl sites for hydroxylation is 2. The quantitative estimate of drug-likeness (QED) is 0.790. The maximum atomic E-state index is 11.8. The lowest BCUT2D eigenvalue weighted by Gasteiger charge is -2.07. The topological polar surface area (TPSA) is 58.9 Å². The number of pyridine rings is 1. The summed E-state index contributed by atoms with van der Waals surface area (Å²) in [5, 5.41) is 6.13. The fourth-order valence-corrected chi connectivity index (χ4v) is 1.87. The molecule has 20 heavy (non-hydrogen) atoms. The Morgan fingerprint density at radius 3 is 2.80 bits per heavy atom. The van der Waals surface area contributed by atoms with Gasteiger partial charge in [-0.25, -0.2) is 4.98 Å². The summed E-state index contributed by atoms with van der Waals surface area (Å²) in [5.74, 6) is 0.829. The molecule has 0 radical (unpaired) electrons. The molecule has 5 nitrogen and oxygen atoms in total. The van der Waals surface area contributed by atoms with Crippen molar-refractivity contribution in [3.05, 3.63) is 47.9 Å². The van der Waals surface area contributed by atoms with Gasteiger partial charge in [-0.1, -0.05) is 6.07 Å². The Kier molecular flexibility index (Phi) is 4.76. The molecular formula is C15H20N4O. The van der Waals surface area contributed by atoms with Gasteiger partial charge in [-0.05, 0) is 37.1 Å². The van der Waals surface area contributed by atoms with Gasteiger partial charge in [0.15, 0.2) is 0 Å². The van der Waals surface area contributed by atoms with E-state index in [0.29, 0.717) is 12.2 Å². The van der Waals surface area contributed by atoms with Gasteiger partial charge in [0.05, 0.1) is 0 Å². The molecule has 0 saturated carbocycles. The van der Waals surface area contributed by atoms with Crippen LogP contribution >= 0.6 is 0 Å². The smallest absolute Gasteiger partial charge is 0.267 e. The van der Waals surface area contributed by atoms with Crippen molar-refractivity contribution in [1.29, 1.82) is 0 Å². The monoisotopic (exact) mass is 272 g/mol. The summed E-state index contributed by atoms with van der Waals surface area (Å²) in [6.07, 6.45) is 4.55. The Bertz CT molecular complexity index is 560. The van der Waals surface area contributed by atoms with E-state index in [0.717, 1.165) is 24.3 Å². The number of nitrogens with zero attached hydrogens (tertiary/aromatic N) is 2. The zero-order valence-corrected chi connectivity index (χ0v) is 11.9. The Balaban J connectivity index is 1.66. The molecule has 2 heterocycles. The van der Waals surface area contributed by atoms with Crippen molar-refractivity contribution in [2.45, 2.75) is 13.3 Å². The number of nitrogens with one attached hydrogen (secondary N) is 2.